The number of hydrogen-bond acceptors (Lipinski definition) is 4. The fraction of sp³-hybridized carbons (Fsp3) is 0.553. The monoisotopic (exact) mass is 575 g/mol. The molecule has 2 aliphatic rings. The molecule has 0 amide bonds. The molecule has 4 heteroatoms. The third kappa shape index (κ3) is 10.2. The van der Waals surface area contributed by atoms with Gasteiger partial charge >= 0.3 is 0 Å². The quantitative estimate of drug-likeness (QED) is 0.302. The second-order valence-electron chi connectivity index (χ2n) is 12.1. The Balaban J connectivity index is 0.000000355. The van der Waals surface area contributed by atoms with Gasteiger partial charge in [-0.15, -0.1) is 0 Å². The van der Waals surface area contributed by atoms with E-state index >= 15 is 0 Å². The van der Waals surface area contributed by atoms with Crippen LogP contribution < -0.4 is 10.5 Å². The molecule has 1 unspecified atom stereocenters. The molecule has 2 aliphatic carbocycles. The molecule has 42 heavy (non-hydrogen) atoms. The zero-order valence-corrected chi connectivity index (χ0v) is 28.0. The molecule has 1 fully saturated rings. The number of carbonyl (C=O) groups excluding carboxylic acids is 1. The predicted octanol–water partition coefficient (Wildman–Crippen LogP) is 9.82. The molecule has 0 heterocycles. The van der Waals surface area contributed by atoms with Gasteiger partial charge < -0.3 is 15.2 Å². The number of carbonyl (C=O) groups is 1. The van der Waals surface area contributed by atoms with Gasteiger partial charge in [0.15, 0.2) is 5.78 Å². The lowest BCUT2D eigenvalue weighted by molar-refractivity contribution is -0.122. The highest BCUT2D eigenvalue weighted by molar-refractivity contribution is 5.79. The van der Waals surface area contributed by atoms with E-state index in [4.69, 9.17) is 15.2 Å². The average molecular weight is 576 g/mol. The molecule has 2 aromatic carbocycles. The highest BCUT2D eigenvalue weighted by Gasteiger charge is 2.21. The lowest BCUT2D eigenvalue weighted by Crippen LogP contribution is -2.09. The minimum Gasteiger partial charge on any atom is -0.495 e. The number of ether oxygens (including phenoxy) is 2. The maximum absolute atomic E-state index is 11.5. The van der Waals surface area contributed by atoms with Gasteiger partial charge in [-0.25, -0.2) is 0 Å². The van der Waals surface area contributed by atoms with Crippen molar-refractivity contribution in [2.45, 2.75) is 113 Å². The van der Waals surface area contributed by atoms with Crippen molar-refractivity contribution < 1.29 is 14.3 Å². The Hall–Kier alpha value is -2.85. The number of rotatable bonds is 9. The van der Waals surface area contributed by atoms with Crippen LogP contribution in [-0.2, 0) is 22.4 Å². The maximum Gasteiger partial charge on any atom is 0.158 e. The third-order valence-corrected chi connectivity index (χ3v) is 8.85. The molecule has 4 rings (SSSR count). The number of methoxy groups -OCH3 is 1. The van der Waals surface area contributed by atoms with Crippen LogP contribution in [0.1, 0.15) is 121 Å². The number of allylic oxidation sites excluding steroid dienone is 3. The second kappa shape index (κ2) is 18.0. The Bertz CT molecular complexity index is 1220. The molecule has 1 saturated carbocycles. The number of nitrogen functional groups attached to an aromatic ring is 1. The van der Waals surface area contributed by atoms with Crippen molar-refractivity contribution in [3.63, 3.8) is 0 Å². The Morgan fingerprint density at radius 3 is 2.24 bits per heavy atom. The van der Waals surface area contributed by atoms with Gasteiger partial charge in [-0.2, -0.15) is 0 Å². The molecule has 0 aliphatic heterocycles. The number of Topliss-reactive ketones (excluding diaryl/α,β-unsaturated/α-hetero) is 1. The van der Waals surface area contributed by atoms with Gasteiger partial charge in [-0.1, -0.05) is 78.2 Å². The van der Waals surface area contributed by atoms with Gasteiger partial charge in [0.05, 0.1) is 19.4 Å². The molecule has 0 bridgehead atoms. The van der Waals surface area contributed by atoms with E-state index < -0.39 is 0 Å². The van der Waals surface area contributed by atoms with Crippen molar-refractivity contribution in [2.75, 3.05) is 26.1 Å². The Morgan fingerprint density at radius 2 is 1.74 bits per heavy atom. The molecule has 232 valence electrons. The molecule has 0 spiro atoms. The molecular weight excluding hydrogens is 518 g/mol. The molecule has 1 atom stereocenters. The van der Waals surface area contributed by atoms with Crippen LogP contribution in [0.25, 0.3) is 5.57 Å². The number of aryl methyl sites for hydroxylation is 1. The lowest BCUT2D eigenvalue weighted by atomic mass is 9.82. The lowest BCUT2D eigenvalue weighted by Gasteiger charge is -2.23. The predicted molar refractivity (Wildman–Crippen MR) is 180 cm³/mol. The summed E-state index contributed by atoms with van der Waals surface area (Å²) in [5.74, 6) is 2.57. The molecule has 0 aromatic heterocycles. The summed E-state index contributed by atoms with van der Waals surface area (Å²) >= 11 is 0. The number of ketones is 1. The molecule has 2 N–H and O–H groups in total. The van der Waals surface area contributed by atoms with Crippen molar-refractivity contribution in [1.82, 2.24) is 0 Å². The summed E-state index contributed by atoms with van der Waals surface area (Å²) in [5, 5.41) is 0. The van der Waals surface area contributed by atoms with Crippen LogP contribution in [0.5, 0.6) is 5.75 Å². The first-order valence-electron chi connectivity index (χ1n) is 16.1. The number of para-hydroxylation sites is 2. The number of anilines is 1. The summed E-state index contributed by atoms with van der Waals surface area (Å²) in [4.78, 5) is 11.5. The van der Waals surface area contributed by atoms with E-state index in [0.29, 0.717) is 24.6 Å². The van der Waals surface area contributed by atoms with E-state index in [0.717, 1.165) is 30.9 Å². The van der Waals surface area contributed by atoms with Crippen LogP contribution in [0.3, 0.4) is 0 Å². The van der Waals surface area contributed by atoms with Crippen LogP contribution in [0.4, 0.5) is 5.69 Å². The van der Waals surface area contributed by atoms with Gasteiger partial charge in [0, 0.05) is 6.42 Å². The summed E-state index contributed by atoms with van der Waals surface area (Å²) in [7, 11) is 1.60. The standard InChI is InChI=1S/C26H38O2.C7H9NO.C5H10/c1-8-17(4)26-20(7)24-12-11-22(19(6)15-28-16-23(27)10-3)13-18(5)25(24)14-21(26)9-2;1-9-7-5-3-2-4-6(7)8;1-5-3-2-4-5/h13-14,17H,8-12,15-16H2,1-7H3;2-5H,8H2,1H3;5H,2-4H2,1H3/b22-19-;;. The van der Waals surface area contributed by atoms with E-state index in [1.54, 1.807) is 18.7 Å². The molecular formula is C38H57NO3. The first-order chi connectivity index (χ1) is 20.1. The number of nitrogens with two attached hydrogens (primary N) is 1. The van der Waals surface area contributed by atoms with Gasteiger partial charge in [0.1, 0.15) is 12.4 Å². The summed E-state index contributed by atoms with van der Waals surface area (Å²) < 4.78 is 10.6. The van der Waals surface area contributed by atoms with Crippen molar-refractivity contribution in [2.24, 2.45) is 5.92 Å². The number of benzene rings is 2. The molecule has 0 radical (unpaired) electrons. The molecule has 2 aromatic rings. The Morgan fingerprint density at radius 1 is 1.07 bits per heavy atom. The maximum atomic E-state index is 11.5. The second-order valence-corrected chi connectivity index (χ2v) is 12.1. The minimum atomic E-state index is 0.165. The Kier molecular flexibility index (Phi) is 15.1. The highest BCUT2D eigenvalue weighted by Crippen LogP contribution is 2.37. The number of hydrogen-bond donors (Lipinski definition) is 1. The Labute approximate surface area is 256 Å². The van der Waals surface area contributed by atoms with Crippen LogP contribution in [0.15, 0.2) is 47.6 Å². The smallest absolute Gasteiger partial charge is 0.158 e. The zero-order chi connectivity index (χ0) is 31.2. The summed E-state index contributed by atoms with van der Waals surface area (Å²) in [6.45, 7) is 18.6. The van der Waals surface area contributed by atoms with E-state index in [9.17, 15) is 4.79 Å². The van der Waals surface area contributed by atoms with Gasteiger partial charge in [0.2, 0.25) is 0 Å². The van der Waals surface area contributed by atoms with E-state index in [1.807, 2.05) is 25.1 Å². The van der Waals surface area contributed by atoms with Crippen LogP contribution in [0.2, 0.25) is 0 Å². The normalized spacial score (nSPS) is 16.3. The summed E-state index contributed by atoms with van der Waals surface area (Å²) in [5.41, 5.74) is 17.7. The summed E-state index contributed by atoms with van der Waals surface area (Å²) in [6, 6.07) is 9.84. The van der Waals surface area contributed by atoms with Gasteiger partial charge in [-0.3, -0.25) is 4.79 Å². The highest BCUT2D eigenvalue weighted by atomic mass is 16.5. The van der Waals surface area contributed by atoms with Crippen molar-refractivity contribution >= 4 is 17.0 Å². The molecule has 0 saturated heterocycles. The first-order valence-corrected chi connectivity index (χ1v) is 16.1. The van der Waals surface area contributed by atoms with Crippen LogP contribution >= 0.6 is 0 Å². The average Bonchev–Trinajstić information content (AvgIpc) is 3.15. The van der Waals surface area contributed by atoms with Gasteiger partial charge in [-0.05, 0) is 115 Å². The van der Waals surface area contributed by atoms with Gasteiger partial charge in [0.25, 0.3) is 0 Å². The van der Waals surface area contributed by atoms with E-state index in [1.165, 1.54) is 64.7 Å². The zero-order valence-electron chi connectivity index (χ0n) is 28.0. The topological polar surface area (TPSA) is 61.5 Å². The summed E-state index contributed by atoms with van der Waals surface area (Å²) in [6.07, 6.45) is 11.7. The fourth-order valence-corrected chi connectivity index (χ4v) is 5.60. The van der Waals surface area contributed by atoms with Crippen molar-refractivity contribution in [3.05, 3.63) is 75.4 Å². The van der Waals surface area contributed by atoms with E-state index in [2.05, 4.69) is 60.6 Å². The number of fused-ring (bicyclic) bond motifs is 1. The SMILES string of the molecule is CC1CCC1.CCC(=O)COC/C(C)=C1\C=C(C)c2cc(CC)c(C(C)CC)c(C)c2CC1.COc1ccccc1N. The van der Waals surface area contributed by atoms with Crippen molar-refractivity contribution in [3.8, 4) is 5.75 Å². The van der Waals surface area contributed by atoms with Crippen LogP contribution in [0, 0.1) is 12.8 Å². The fourth-order valence-electron chi connectivity index (χ4n) is 5.60. The van der Waals surface area contributed by atoms with Crippen molar-refractivity contribution in [1.29, 1.82) is 0 Å². The third-order valence-electron chi connectivity index (χ3n) is 8.85. The van der Waals surface area contributed by atoms with E-state index in [-0.39, 0.29) is 12.4 Å². The molecule has 4 nitrogen and oxygen atoms in total. The first kappa shape index (κ1) is 35.3. The largest absolute Gasteiger partial charge is 0.495 e. The van der Waals surface area contributed by atoms with Crippen LogP contribution in [-0.4, -0.2) is 26.1 Å². The minimum absolute atomic E-state index is 0.165.